The molecule has 2 unspecified atom stereocenters. The van der Waals surface area contributed by atoms with Crippen molar-refractivity contribution in [2.24, 2.45) is 0 Å². The van der Waals surface area contributed by atoms with Crippen LogP contribution in [0.25, 0.3) is 22.6 Å². The van der Waals surface area contributed by atoms with Gasteiger partial charge in [0.15, 0.2) is 5.82 Å². The van der Waals surface area contributed by atoms with Gasteiger partial charge >= 0.3 is 0 Å². The van der Waals surface area contributed by atoms with Gasteiger partial charge in [0.25, 0.3) is 10.2 Å². The van der Waals surface area contributed by atoms with Gasteiger partial charge < -0.3 is 29.2 Å². The minimum absolute atomic E-state index is 0.268. The Morgan fingerprint density at radius 2 is 1.68 bits per heavy atom. The van der Waals surface area contributed by atoms with Crippen molar-refractivity contribution in [1.29, 1.82) is 0 Å². The first-order valence-electron chi connectivity index (χ1n) is 13.6. The van der Waals surface area contributed by atoms with Crippen LogP contribution in [0, 0.1) is 20.2 Å². The summed E-state index contributed by atoms with van der Waals surface area (Å²) in [7, 11) is 0. The van der Waals surface area contributed by atoms with Crippen molar-refractivity contribution in [2.75, 3.05) is 13.2 Å². The summed E-state index contributed by atoms with van der Waals surface area (Å²) in [4.78, 5) is 30.1. The highest BCUT2D eigenvalue weighted by atomic mass is 35.5. The van der Waals surface area contributed by atoms with E-state index in [9.17, 15) is 0 Å². The summed E-state index contributed by atoms with van der Waals surface area (Å²) in [6.45, 7) is 0.955. The van der Waals surface area contributed by atoms with Crippen molar-refractivity contribution in [1.82, 2.24) is 19.5 Å². The molecule has 2 N–H and O–H groups in total. The molecule has 1 aliphatic heterocycles. The molecule has 15 nitrogen and oxygen atoms in total. The van der Waals surface area contributed by atoms with Gasteiger partial charge in [-0.2, -0.15) is 0 Å². The normalized spacial score (nSPS) is 16.6. The summed E-state index contributed by atoms with van der Waals surface area (Å²) in [6, 6.07) is 24.8. The maximum Gasteiger partial charge on any atom is 0.291 e. The average molecular weight is 685 g/mol. The summed E-state index contributed by atoms with van der Waals surface area (Å²) in [6.07, 6.45) is 6.68. The van der Waals surface area contributed by atoms with Gasteiger partial charge in [-0.15, -0.1) is 20.2 Å². The Morgan fingerprint density at radius 3 is 2.36 bits per heavy atom. The number of halogens is 2. The van der Waals surface area contributed by atoms with Gasteiger partial charge in [0.2, 0.25) is 5.79 Å². The standard InChI is InChI=1S/C30H24Cl2N4O3.2HNO3/c31-22-10-11-25(26(32)16-22)30(19-36-15-14-33-20-36)38-18-23(39-30)17-37-28-9-5-4-8-24(28)27-12-13-34-29(35-27)21-6-2-1-3-7-21;2*2-1(3)4/h1-16,20,23H,17-19H2;2*(H,2,3,4). The zero-order valence-electron chi connectivity index (χ0n) is 24.2. The molecule has 1 fully saturated rings. The number of nitrogens with zero attached hydrogens (tertiary/aromatic N) is 6. The highest BCUT2D eigenvalue weighted by molar-refractivity contribution is 6.35. The molecule has 0 aliphatic carbocycles. The molecule has 5 aromatic rings. The summed E-state index contributed by atoms with van der Waals surface area (Å²) in [5.41, 5.74) is 3.27. The lowest BCUT2D eigenvalue weighted by atomic mass is 10.1. The molecule has 0 saturated carbocycles. The molecule has 47 heavy (non-hydrogen) atoms. The summed E-state index contributed by atoms with van der Waals surface area (Å²) >= 11 is 12.8. The van der Waals surface area contributed by atoms with E-state index in [1.807, 2.05) is 77.5 Å². The highest BCUT2D eigenvalue weighted by Crippen LogP contribution is 2.41. The van der Waals surface area contributed by atoms with Crippen LogP contribution in [0.4, 0.5) is 0 Å². The quantitative estimate of drug-likeness (QED) is 0.144. The van der Waals surface area contributed by atoms with E-state index in [0.717, 1.165) is 16.8 Å². The molecule has 0 amide bonds. The number of imidazole rings is 1. The fourth-order valence-corrected chi connectivity index (χ4v) is 5.15. The molecular weight excluding hydrogens is 659 g/mol. The zero-order chi connectivity index (χ0) is 33.8. The number of benzene rings is 3. The lowest BCUT2D eigenvalue weighted by molar-refractivity contribution is -0.742. The predicted octanol–water partition coefficient (Wildman–Crippen LogP) is 5.97. The van der Waals surface area contributed by atoms with E-state index in [4.69, 9.17) is 73.0 Å². The molecule has 17 heteroatoms. The third kappa shape index (κ3) is 9.82. The van der Waals surface area contributed by atoms with E-state index >= 15 is 0 Å². The molecule has 0 radical (unpaired) electrons. The van der Waals surface area contributed by atoms with Crippen LogP contribution in [0.15, 0.2) is 104 Å². The Labute approximate surface area is 276 Å². The maximum atomic E-state index is 8.36. The summed E-state index contributed by atoms with van der Waals surface area (Å²) in [5, 5.41) is 28.3. The molecule has 1 aliphatic rings. The third-order valence-electron chi connectivity index (χ3n) is 6.43. The van der Waals surface area contributed by atoms with Crippen LogP contribution in [0.2, 0.25) is 10.0 Å². The first kappa shape index (κ1) is 34.5. The minimum Gasteiger partial charge on any atom is -0.490 e. The Morgan fingerprint density at radius 1 is 0.979 bits per heavy atom. The number of ether oxygens (including phenoxy) is 3. The number of hydrogen-bond acceptors (Lipinski definition) is 10. The average Bonchev–Trinajstić information content (AvgIpc) is 3.71. The molecule has 244 valence electrons. The van der Waals surface area contributed by atoms with E-state index in [1.165, 1.54) is 0 Å². The van der Waals surface area contributed by atoms with Gasteiger partial charge in [0, 0.05) is 40.3 Å². The summed E-state index contributed by atoms with van der Waals surface area (Å²) in [5.74, 6) is 0.225. The van der Waals surface area contributed by atoms with Crippen molar-refractivity contribution in [3.05, 3.63) is 140 Å². The number of hydrogen-bond donors (Lipinski definition) is 2. The lowest BCUT2D eigenvalue weighted by Crippen LogP contribution is -2.34. The van der Waals surface area contributed by atoms with Gasteiger partial charge in [-0.1, -0.05) is 71.7 Å². The van der Waals surface area contributed by atoms with Crippen molar-refractivity contribution in [3.8, 4) is 28.4 Å². The van der Waals surface area contributed by atoms with Crippen LogP contribution < -0.4 is 4.74 Å². The smallest absolute Gasteiger partial charge is 0.291 e. The fourth-order valence-electron chi connectivity index (χ4n) is 4.60. The molecule has 3 aromatic carbocycles. The Kier molecular flexibility index (Phi) is 12.0. The van der Waals surface area contributed by atoms with Crippen LogP contribution in [-0.4, -0.2) is 59.4 Å². The van der Waals surface area contributed by atoms with Gasteiger partial charge in [-0.3, -0.25) is 0 Å². The van der Waals surface area contributed by atoms with Crippen LogP contribution in [0.5, 0.6) is 5.75 Å². The number of aromatic nitrogens is 4. The fraction of sp³-hybridized carbons (Fsp3) is 0.167. The topological polar surface area (TPSA) is 198 Å². The van der Waals surface area contributed by atoms with E-state index in [2.05, 4.69) is 9.97 Å². The van der Waals surface area contributed by atoms with E-state index in [0.29, 0.717) is 40.3 Å². The van der Waals surface area contributed by atoms with Crippen molar-refractivity contribution in [3.63, 3.8) is 0 Å². The molecule has 2 atom stereocenters. The minimum atomic E-state index is -1.50. The van der Waals surface area contributed by atoms with Crippen LogP contribution >= 0.6 is 23.2 Å². The largest absolute Gasteiger partial charge is 0.490 e. The monoisotopic (exact) mass is 684 g/mol. The van der Waals surface area contributed by atoms with Gasteiger partial charge in [-0.25, -0.2) is 15.0 Å². The molecule has 1 saturated heterocycles. The first-order chi connectivity index (χ1) is 22.6. The van der Waals surface area contributed by atoms with E-state index in [-0.39, 0.29) is 12.7 Å². The molecule has 2 aromatic heterocycles. The van der Waals surface area contributed by atoms with E-state index < -0.39 is 16.0 Å². The van der Waals surface area contributed by atoms with Crippen LogP contribution in [0.3, 0.4) is 0 Å². The molecule has 0 spiro atoms. The highest BCUT2D eigenvalue weighted by Gasteiger charge is 2.45. The Balaban J connectivity index is 0.000000564. The Hall–Kier alpha value is -5.35. The second-order valence-corrected chi connectivity index (χ2v) is 10.4. The Bertz CT molecular complexity index is 1760. The number of para-hydroxylation sites is 1. The zero-order valence-corrected chi connectivity index (χ0v) is 25.7. The van der Waals surface area contributed by atoms with Gasteiger partial charge in [0.1, 0.15) is 18.5 Å². The lowest BCUT2D eigenvalue weighted by Gasteiger charge is -2.30. The van der Waals surface area contributed by atoms with Crippen molar-refractivity contribution >= 4 is 23.2 Å². The second-order valence-electron chi connectivity index (χ2n) is 9.58. The number of rotatable bonds is 8. The summed E-state index contributed by atoms with van der Waals surface area (Å²) < 4.78 is 21.0. The SMILES string of the molecule is Clc1ccc(C2(Cn3ccnc3)OCC(COc3ccccc3-c3ccnc(-c4ccccc4)n3)O2)c(Cl)c1.O=[N+]([O-])O.O=[N+]([O-])O. The van der Waals surface area contributed by atoms with E-state index in [1.54, 1.807) is 30.9 Å². The van der Waals surface area contributed by atoms with Crippen LogP contribution in [-0.2, 0) is 21.8 Å². The molecule has 0 bridgehead atoms. The predicted molar refractivity (Wildman–Crippen MR) is 167 cm³/mol. The maximum absolute atomic E-state index is 8.36. The first-order valence-corrected chi connectivity index (χ1v) is 14.3. The molecular formula is C30H26Cl2N6O9. The molecule has 6 rings (SSSR count). The van der Waals surface area contributed by atoms with Gasteiger partial charge in [-0.05, 0) is 30.3 Å². The van der Waals surface area contributed by atoms with Crippen molar-refractivity contribution in [2.45, 2.75) is 18.4 Å². The van der Waals surface area contributed by atoms with Crippen LogP contribution in [0.1, 0.15) is 5.56 Å². The van der Waals surface area contributed by atoms with Crippen molar-refractivity contribution < 1.29 is 34.8 Å². The third-order valence-corrected chi connectivity index (χ3v) is 6.97. The second kappa shape index (κ2) is 16.3. The molecule has 3 heterocycles. The van der Waals surface area contributed by atoms with Gasteiger partial charge in [0.05, 0.1) is 30.2 Å².